The molecule has 1 aromatic carbocycles. The number of hydrogen-bond donors (Lipinski definition) is 4. The minimum Gasteiger partial charge on any atom is -0.494 e. The van der Waals surface area contributed by atoms with Gasteiger partial charge >= 0.3 is 0 Å². The molecule has 8 heteroatoms. The van der Waals surface area contributed by atoms with Crippen LogP contribution >= 0.6 is 0 Å². The maximum Gasteiger partial charge on any atom is 0.249 e. The summed E-state index contributed by atoms with van der Waals surface area (Å²) in [4.78, 5) is 23.1. The van der Waals surface area contributed by atoms with Crippen molar-refractivity contribution in [2.75, 3.05) is 0 Å². The van der Waals surface area contributed by atoms with Gasteiger partial charge in [0.25, 0.3) is 0 Å². The van der Waals surface area contributed by atoms with Gasteiger partial charge in [0.1, 0.15) is 6.04 Å². The monoisotopic (exact) mass is 288 g/mol. The van der Waals surface area contributed by atoms with Crippen molar-refractivity contribution in [3.8, 4) is 11.8 Å². The number of carbonyl (C=O) groups is 2. The maximum atomic E-state index is 11.9. The van der Waals surface area contributed by atoms with E-state index in [0.717, 1.165) is 4.57 Å². The van der Waals surface area contributed by atoms with Gasteiger partial charge in [-0.3, -0.25) is 19.5 Å². The van der Waals surface area contributed by atoms with Crippen LogP contribution in [0.1, 0.15) is 18.9 Å². The topological polar surface area (TPSA) is 128 Å². The van der Waals surface area contributed by atoms with E-state index in [2.05, 4.69) is 10.4 Å². The molecule has 2 heterocycles. The fourth-order valence-corrected chi connectivity index (χ4v) is 2.63. The third-order valence-electron chi connectivity index (χ3n) is 3.61. The number of aromatic nitrogens is 1. The Balaban J connectivity index is 2.22. The first kappa shape index (κ1) is 13.1. The average molecular weight is 288 g/mol. The van der Waals surface area contributed by atoms with E-state index in [1.54, 1.807) is 12.1 Å². The highest BCUT2D eigenvalue weighted by Gasteiger charge is 2.33. The molecule has 1 atom stereocenters. The zero-order valence-corrected chi connectivity index (χ0v) is 10.8. The Labute approximate surface area is 118 Å². The molecule has 108 valence electrons. The third-order valence-corrected chi connectivity index (χ3v) is 3.61. The molecule has 0 radical (unpaired) electrons. The van der Waals surface area contributed by atoms with Gasteiger partial charge in [-0.15, -0.1) is 0 Å². The largest absolute Gasteiger partial charge is 0.494 e. The fourth-order valence-electron chi connectivity index (χ4n) is 2.63. The van der Waals surface area contributed by atoms with E-state index in [4.69, 9.17) is 5.53 Å². The second-order valence-corrected chi connectivity index (χ2v) is 4.80. The predicted molar refractivity (Wildman–Crippen MR) is 71.5 cm³/mol. The molecular weight excluding hydrogens is 276 g/mol. The molecule has 1 aromatic heterocycles. The smallest absolute Gasteiger partial charge is 0.249 e. The van der Waals surface area contributed by atoms with Crippen molar-refractivity contribution in [1.29, 1.82) is 5.53 Å². The number of nitrogens with one attached hydrogen (secondary N) is 2. The van der Waals surface area contributed by atoms with Crippen LogP contribution in [0, 0.1) is 5.53 Å². The molecule has 21 heavy (non-hydrogen) atoms. The summed E-state index contributed by atoms with van der Waals surface area (Å²) in [6, 6.07) is 3.78. The Morgan fingerprint density at radius 3 is 2.71 bits per heavy atom. The summed E-state index contributed by atoms with van der Waals surface area (Å²) in [5.74, 6) is -1.60. The first-order valence-corrected chi connectivity index (χ1v) is 6.30. The molecule has 2 amide bonds. The number of imide groups is 1. The van der Waals surface area contributed by atoms with Gasteiger partial charge in [-0.25, -0.2) is 5.53 Å². The van der Waals surface area contributed by atoms with Crippen molar-refractivity contribution in [3.63, 3.8) is 0 Å². The molecule has 4 N–H and O–H groups in total. The van der Waals surface area contributed by atoms with Crippen molar-refractivity contribution in [2.45, 2.75) is 18.9 Å². The van der Waals surface area contributed by atoms with Gasteiger partial charge in [0.05, 0.1) is 11.1 Å². The number of carbonyl (C=O) groups excluding carboxylic acids is 2. The molecular formula is C13H12N4O4. The van der Waals surface area contributed by atoms with Crippen LogP contribution < -0.4 is 5.32 Å². The van der Waals surface area contributed by atoms with E-state index in [9.17, 15) is 19.8 Å². The lowest BCUT2D eigenvalue weighted by molar-refractivity contribution is -0.135. The van der Waals surface area contributed by atoms with Crippen molar-refractivity contribution < 1.29 is 19.8 Å². The fraction of sp³-hybridized carbons (Fsp3) is 0.231. The van der Waals surface area contributed by atoms with E-state index < -0.39 is 11.9 Å². The van der Waals surface area contributed by atoms with Crippen molar-refractivity contribution in [2.24, 2.45) is 5.11 Å². The van der Waals surface area contributed by atoms with Crippen LogP contribution in [0.4, 0.5) is 5.69 Å². The number of nitrogens with zero attached hydrogens (tertiary/aromatic N) is 2. The van der Waals surface area contributed by atoms with E-state index in [1.165, 1.54) is 6.07 Å². The van der Waals surface area contributed by atoms with Gasteiger partial charge < -0.3 is 10.2 Å². The van der Waals surface area contributed by atoms with Crippen LogP contribution in [0.25, 0.3) is 10.8 Å². The summed E-state index contributed by atoms with van der Waals surface area (Å²) >= 11 is 0. The summed E-state index contributed by atoms with van der Waals surface area (Å²) in [6.45, 7) is 0. The van der Waals surface area contributed by atoms with E-state index in [1.807, 2.05) is 0 Å². The molecule has 0 aliphatic carbocycles. The highest BCUT2D eigenvalue weighted by atomic mass is 16.3. The highest BCUT2D eigenvalue weighted by molar-refractivity contribution is 6.03. The lowest BCUT2D eigenvalue weighted by atomic mass is 10.1. The molecule has 0 spiro atoms. The van der Waals surface area contributed by atoms with Crippen LogP contribution in [-0.2, 0) is 9.59 Å². The van der Waals surface area contributed by atoms with Crippen LogP contribution in [0.5, 0.6) is 11.8 Å². The van der Waals surface area contributed by atoms with Crippen LogP contribution in [0.2, 0.25) is 0 Å². The molecule has 1 fully saturated rings. The predicted octanol–water partition coefficient (Wildman–Crippen LogP) is 1.69. The molecule has 8 nitrogen and oxygen atoms in total. The second-order valence-electron chi connectivity index (χ2n) is 4.80. The summed E-state index contributed by atoms with van der Waals surface area (Å²) in [6.07, 6.45) is 0.305. The Hall–Kier alpha value is -2.90. The lowest BCUT2D eigenvalue weighted by Crippen LogP contribution is -2.41. The second kappa shape index (κ2) is 4.58. The van der Waals surface area contributed by atoms with E-state index in [0.29, 0.717) is 5.39 Å². The first-order chi connectivity index (χ1) is 10.0. The standard InChI is InChI=1S/C13H12N4O4/c14-16-7-3-1-2-6-10(7)13(21)17(12(6)20)8-4-5-9(18)15-11(8)19/h1-3,8,14,20-21H,4-5H2,(H,15,18,19). The van der Waals surface area contributed by atoms with Gasteiger partial charge in [0, 0.05) is 11.8 Å². The van der Waals surface area contributed by atoms with Crippen molar-refractivity contribution in [3.05, 3.63) is 18.2 Å². The van der Waals surface area contributed by atoms with Gasteiger partial charge in [0.15, 0.2) is 0 Å². The lowest BCUT2D eigenvalue weighted by Gasteiger charge is -2.23. The van der Waals surface area contributed by atoms with Gasteiger partial charge in [0.2, 0.25) is 23.6 Å². The Bertz CT molecular complexity index is 780. The number of piperidine rings is 1. The minimum absolute atomic E-state index is 0.124. The molecule has 0 bridgehead atoms. The van der Waals surface area contributed by atoms with Gasteiger partial charge in [-0.2, -0.15) is 5.11 Å². The van der Waals surface area contributed by atoms with Crippen molar-refractivity contribution >= 4 is 28.3 Å². The summed E-state index contributed by atoms with van der Waals surface area (Å²) in [5, 5.41) is 26.5. The third kappa shape index (κ3) is 1.83. The van der Waals surface area contributed by atoms with E-state index in [-0.39, 0.29) is 41.6 Å². The Kier molecular flexibility index (Phi) is 2.86. The minimum atomic E-state index is -0.881. The average Bonchev–Trinajstić information content (AvgIpc) is 2.72. The number of hydrogen-bond acceptors (Lipinski definition) is 6. The van der Waals surface area contributed by atoms with Crippen LogP contribution in [-0.4, -0.2) is 26.6 Å². The Morgan fingerprint density at radius 2 is 2.05 bits per heavy atom. The molecule has 0 saturated carbocycles. The number of amides is 2. The van der Waals surface area contributed by atoms with Gasteiger partial charge in [-0.1, -0.05) is 6.07 Å². The summed E-state index contributed by atoms with van der Waals surface area (Å²) < 4.78 is 1.07. The first-order valence-electron chi connectivity index (χ1n) is 6.30. The van der Waals surface area contributed by atoms with Gasteiger partial charge in [-0.05, 0) is 18.6 Å². The zero-order valence-electron chi connectivity index (χ0n) is 10.8. The number of fused-ring (bicyclic) bond motifs is 1. The number of rotatable bonds is 2. The maximum absolute atomic E-state index is 11.9. The molecule has 2 aromatic rings. The summed E-state index contributed by atoms with van der Waals surface area (Å²) in [5.41, 5.74) is 7.30. The van der Waals surface area contributed by atoms with Crippen molar-refractivity contribution in [1.82, 2.24) is 9.88 Å². The van der Waals surface area contributed by atoms with E-state index >= 15 is 0 Å². The normalized spacial score (nSPS) is 18.8. The SMILES string of the molecule is N=Nc1cccc2c(O)n(C3CCC(=O)NC3=O)c(O)c12. The molecule has 1 saturated heterocycles. The summed E-state index contributed by atoms with van der Waals surface area (Å²) in [7, 11) is 0. The highest BCUT2D eigenvalue weighted by Crippen LogP contribution is 2.44. The molecule has 3 rings (SSSR count). The zero-order chi connectivity index (χ0) is 15.1. The molecule has 1 unspecified atom stereocenters. The quantitative estimate of drug-likeness (QED) is 0.495. The number of benzene rings is 1. The molecule has 1 aliphatic heterocycles. The Morgan fingerprint density at radius 1 is 1.29 bits per heavy atom. The van der Waals surface area contributed by atoms with Crippen LogP contribution in [0.15, 0.2) is 23.3 Å². The molecule has 1 aliphatic rings. The van der Waals surface area contributed by atoms with Crippen LogP contribution in [0.3, 0.4) is 0 Å². The number of aromatic hydroxyl groups is 2.